The number of nitrogens with zero attached hydrogens (tertiary/aromatic N) is 1. The van der Waals surface area contributed by atoms with E-state index in [4.69, 9.17) is 10.5 Å². The summed E-state index contributed by atoms with van der Waals surface area (Å²) in [5, 5.41) is 3.07. The van der Waals surface area contributed by atoms with Gasteiger partial charge in [0.25, 0.3) is 0 Å². The first-order valence-electron chi connectivity index (χ1n) is 7.59. The minimum absolute atomic E-state index is 0. The Hall–Kier alpha value is -1.83. The van der Waals surface area contributed by atoms with Crippen molar-refractivity contribution in [3.63, 3.8) is 0 Å². The number of hydrogen-bond acceptors (Lipinski definition) is 2. The van der Waals surface area contributed by atoms with Crippen LogP contribution >= 0.6 is 24.0 Å². The molecule has 3 rings (SSSR count). The Kier molecular flexibility index (Phi) is 6.04. The van der Waals surface area contributed by atoms with E-state index in [0.717, 1.165) is 24.1 Å². The molecule has 0 aliphatic heterocycles. The third kappa shape index (κ3) is 4.17. The van der Waals surface area contributed by atoms with Gasteiger partial charge in [0.05, 0.1) is 19.3 Å². The predicted molar refractivity (Wildman–Crippen MR) is 106 cm³/mol. The highest BCUT2D eigenvalue weighted by Gasteiger charge is 2.44. The fourth-order valence-electron chi connectivity index (χ4n) is 2.65. The first-order valence-corrected chi connectivity index (χ1v) is 7.59. The Morgan fingerprint density at radius 3 is 2.50 bits per heavy atom. The molecule has 0 atom stereocenters. The molecule has 6 heteroatoms. The zero-order chi connectivity index (χ0) is 16.3. The normalized spacial score (nSPS) is 15.3. The van der Waals surface area contributed by atoms with Gasteiger partial charge in [-0.25, -0.2) is 4.39 Å². The Bertz CT molecular complexity index is 714. The zero-order valence-corrected chi connectivity index (χ0v) is 15.8. The highest BCUT2D eigenvalue weighted by molar-refractivity contribution is 14.0. The van der Waals surface area contributed by atoms with E-state index >= 15 is 0 Å². The van der Waals surface area contributed by atoms with Crippen molar-refractivity contribution in [1.29, 1.82) is 0 Å². The van der Waals surface area contributed by atoms with Crippen LogP contribution in [0.3, 0.4) is 0 Å². The van der Waals surface area contributed by atoms with Gasteiger partial charge in [0.15, 0.2) is 5.96 Å². The van der Waals surface area contributed by atoms with Crippen molar-refractivity contribution >= 4 is 35.6 Å². The summed E-state index contributed by atoms with van der Waals surface area (Å²) in [6.07, 6.45) is 2.09. The van der Waals surface area contributed by atoms with Crippen LogP contribution in [-0.4, -0.2) is 19.6 Å². The van der Waals surface area contributed by atoms with Crippen LogP contribution in [0.1, 0.15) is 18.4 Å². The van der Waals surface area contributed by atoms with Crippen LogP contribution in [0.25, 0.3) is 0 Å². The summed E-state index contributed by atoms with van der Waals surface area (Å²) in [5.41, 5.74) is 7.89. The van der Waals surface area contributed by atoms with Crippen molar-refractivity contribution < 1.29 is 9.13 Å². The zero-order valence-electron chi connectivity index (χ0n) is 13.5. The molecule has 24 heavy (non-hydrogen) atoms. The van der Waals surface area contributed by atoms with Crippen molar-refractivity contribution in [2.75, 3.05) is 19.0 Å². The molecule has 1 aliphatic carbocycles. The fraction of sp³-hybridized carbons (Fsp3) is 0.278. The monoisotopic (exact) mass is 441 g/mol. The number of rotatable bonds is 5. The lowest BCUT2D eigenvalue weighted by atomic mass is 9.96. The largest absolute Gasteiger partial charge is 0.495 e. The number of nitrogens with two attached hydrogens (primary N) is 1. The van der Waals surface area contributed by atoms with Crippen LogP contribution < -0.4 is 15.8 Å². The van der Waals surface area contributed by atoms with Gasteiger partial charge in [-0.05, 0) is 42.7 Å². The molecule has 0 radical (unpaired) electrons. The Labute approximate surface area is 158 Å². The third-order valence-electron chi connectivity index (χ3n) is 4.23. The molecule has 0 amide bonds. The quantitative estimate of drug-likeness (QED) is 0.420. The molecule has 1 saturated carbocycles. The fourth-order valence-corrected chi connectivity index (χ4v) is 2.65. The molecule has 3 N–H and O–H groups in total. The van der Waals surface area contributed by atoms with E-state index < -0.39 is 0 Å². The SMILES string of the molecule is COc1ccccc1NC(N)=NCC1(c2ccc(F)cc2)CC1.I. The molecule has 0 heterocycles. The molecule has 0 bridgehead atoms. The van der Waals surface area contributed by atoms with Gasteiger partial charge in [0, 0.05) is 5.41 Å². The van der Waals surface area contributed by atoms with Crippen molar-refractivity contribution in [2.24, 2.45) is 10.7 Å². The van der Waals surface area contributed by atoms with Gasteiger partial charge in [-0.15, -0.1) is 24.0 Å². The van der Waals surface area contributed by atoms with E-state index in [-0.39, 0.29) is 35.2 Å². The standard InChI is InChI=1S/C18H20FN3O.HI/c1-23-16-5-3-2-4-15(16)22-17(20)21-12-18(10-11-18)13-6-8-14(19)9-7-13;/h2-9H,10-12H2,1H3,(H3,20,21,22);1H. The summed E-state index contributed by atoms with van der Waals surface area (Å²) in [5.74, 6) is 0.846. The predicted octanol–water partition coefficient (Wildman–Crippen LogP) is 3.91. The first kappa shape index (κ1) is 18.5. The summed E-state index contributed by atoms with van der Waals surface area (Å²) in [4.78, 5) is 4.46. The van der Waals surface area contributed by atoms with Crippen LogP contribution in [-0.2, 0) is 5.41 Å². The molecule has 0 spiro atoms. The van der Waals surface area contributed by atoms with Gasteiger partial charge in [-0.1, -0.05) is 24.3 Å². The first-order chi connectivity index (χ1) is 11.1. The number of nitrogens with one attached hydrogen (secondary N) is 1. The molecule has 2 aromatic rings. The van der Waals surface area contributed by atoms with Crippen molar-refractivity contribution in [3.05, 3.63) is 59.9 Å². The minimum atomic E-state index is -0.217. The van der Waals surface area contributed by atoms with Crippen LogP contribution in [0, 0.1) is 5.82 Å². The van der Waals surface area contributed by atoms with Gasteiger partial charge >= 0.3 is 0 Å². The van der Waals surface area contributed by atoms with Crippen LogP contribution in [0.5, 0.6) is 5.75 Å². The van der Waals surface area contributed by atoms with E-state index in [2.05, 4.69) is 10.3 Å². The number of benzene rings is 2. The van der Waals surface area contributed by atoms with Crippen molar-refractivity contribution in [2.45, 2.75) is 18.3 Å². The number of ether oxygens (including phenoxy) is 1. The molecular weight excluding hydrogens is 420 g/mol. The number of anilines is 1. The van der Waals surface area contributed by atoms with Crippen molar-refractivity contribution in [1.82, 2.24) is 0 Å². The number of aliphatic imine (C=N–C) groups is 1. The van der Waals surface area contributed by atoms with Gasteiger partial charge in [0.2, 0.25) is 0 Å². The third-order valence-corrected chi connectivity index (χ3v) is 4.23. The van der Waals surface area contributed by atoms with Crippen LogP contribution in [0.2, 0.25) is 0 Å². The van der Waals surface area contributed by atoms with Gasteiger partial charge in [-0.2, -0.15) is 0 Å². The Morgan fingerprint density at radius 2 is 1.88 bits per heavy atom. The Morgan fingerprint density at radius 1 is 1.21 bits per heavy atom. The van der Waals surface area contributed by atoms with Crippen molar-refractivity contribution in [3.8, 4) is 5.75 Å². The molecule has 0 saturated heterocycles. The molecular formula is C18H21FIN3O. The molecule has 0 unspecified atom stereocenters. The summed E-state index contributed by atoms with van der Waals surface area (Å²) < 4.78 is 18.3. The maximum atomic E-state index is 13.1. The average molecular weight is 441 g/mol. The molecule has 2 aromatic carbocycles. The molecule has 1 fully saturated rings. The number of para-hydroxylation sites is 2. The number of halogens is 2. The summed E-state index contributed by atoms with van der Waals surface area (Å²) in [6.45, 7) is 0.590. The average Bonchev–Trinajstić information content (AvgIpc) is 3.35. The van der Waals surface area contributed by atoms with E-state index in [9.17, 15) is 4.39 Å². The highest BCUT2D eigenvalue weighted by Crippen LogP contribution is 2.48. The molecule has 1 aliphatic rings. The van der Waals surface area contributed by atoms with E-state index in [1.807, 2.05) is 36.4 Å². The molecule has 0 aromatic heterocycles. The second-order valence-electron chi connectivity index (χ2n) is 5.81. The maximum absolute atomic E-state index is 13.1. The van der Waals surface area contributed by atoms with Gasteiger partial charge in [-0.3, -0.25) is 4.99 Å². The van der Waals surface area contributed by atoms with Crippen LogP contribution in [0.4, 0.5) is 10.1 Å². The van der Waals surface area contributed by atoms with Crippen LogP contribution in [0.15, 0.2) is 53.5 Å². The lowest BCUT2D eigenvalue weighted by molar-refractivity contribution is 0.417. The van der Waals surface area contributed by atoms with E-state index in [0.29, 0.717) is 18.3 Å². The number of guanidine groups is 1. The maximum Gasteiger partial charge on any atom is 0.193 e. The summed E-state index contributed by atoms with van der Waals surface area (Å²) in [6, 6.07) is 14.2. The summed E-state index contributed by atoms with van der Waals surface area (Å²) >= 11 is 0. The second kappa shape index (κ2) is 7.83. The lowest BCUT2D eigenvalue weighted by Crippen LogP contribution is -2.25. The summed E-state index contributed by atoms with van der Waals surface area (Å²) in [7, 11) is 1.61. The smallest absolute Gasteiger partial charge is 0.193 e. The Balaban J connectivity index is 0.00000208. The van der Waals surface area contributed by atoms with E-state index in [1.54, 1.807) is 7.11 Å². The minimum Gasteiger partial charge on any atom is -0.495 e. The number of methoxy groups -OCH3 is 1. The topological polar surface area (TPSA) is 59.6 Å². The van der Waals surface area contributed by atoms with E-state index in [1.165, 1.54) is 12.1 Å². The molecule has 128 valence electrons. The highest BCUT2D eigenvalue weighted by atomic mass is 127. The second-order valence-corrected chi connectivity index (χ2v) is 5.81. The number of hydrogen-bond donors (Lipinski definition) is 2. The van der Waals surface area contributed by atoms with Gasteiger partial charge < -0.3 is 15.8 Å². The lowest BCUT2D eigenvalue weighted by Gasteiger charge is -2.14. The van der Waals surface area contributed by atoms with Gasteiger partial charge in [0.1, 0.15) is 11.6 Å². The molecule has 4 nitrogen and oxygen atoms in total.